The molecule has 2 rings (SSSR count). The molecule has 0 bridgehead atoms. The van der Waals surface area contributed by atoms with Crippen LogP contribution in [0.4, 0.5) is 0 Å². The number of hydrogen-bond acceptors (Lipinski definition) is 3. The molecule has 0 aliphatic rings. The SMILES string of the molecule is CC(C)NC(=O)CNC(=O)c1cncn1-c1ccccc1. The summed E-state index contributed by atoms with van der Waals surface area (Å²) in [5.41, 5.74) is 1.23. The van der Waals surface area contributed by atoms with E-state index in [-0.39, 0.29) is 24.4 Å². The first-order valence-electron chi connectivity index (χ1n) is 6.73. The van der Waals surface area contributed by atoms with Crippen LogP contribution in [0.15, 0.2) is 42.9 Å². The molecule has 0 atom stereocenters. The van der Waals surface area contributed by atoms with Crippen LogP contribution >= 0.6 is 0 Å². The van der Waals surface area contributed by atoms with Crippen LogP contribution in [-0.4, -0.2) is 34.0 Å². The number of para-hydroxylation sites is 1. The zero-order valence-electron chi connectivity index (χ0n) is 12.0. The molecule has 0 fully saturated rings. The molecular weight excluding hydrogens is 268 g/mol. The van der Waals surface area contributed by atoms with Crippen LogP contribution in [0.1, 0.15) is 24.3 Å². The molecule has 0 spiro atoms. The smallest absolute Gasteiger partial charge is 0.270 e. The molecule has 0 unspecified atom stereocenters. The van der Waals surface area contributed by atoms with E-state index >= 15 is 0 Å². The van der Waals surface area contributed by atoms with Crippen molar-refractivity contribution in [2.75, 3.05) is 6.54 Å². The van der Waals surface area contributed by atoms with E-state index in [1.54, 1.807) is 10.9 Å². The molecule has 6 nitrogen and oxygen atoms in total. The molecule has 0 aliphatic heterocycles. The summed E-state index contributed by atoms with van der Waals surface area (Å²) in [6, 6.07) is 9.47. The van der Waals surface area contributed by atoms with Gasteiger partial charge < -0.3 is 10.6 Å². The van der Waals surface area contributed by atoms with Crippen LogP contribution in [0.5, 0.6) is 0 Å². The van der Waals surface area contributed by atoms with Crippen molar-refractivity contribution in [3.8, 4) is 5.69 Å². The maximum atomic E-state index is 12.1. The van der Waals surface area contributed by atoms with E-state index in [2.05, 4.69) is 15.6 Å². The molecule has 110 valence electrons. The minimum atomic E-state index is -0.338. The van der Waals surface area contributed by atoms with Crippen molar-refractivity contribution in [3.63, 3.8) is 0 Å². The lowest BCUT2D eigenvalue weighted by molar-refractivity contribution is -0.120. The number of imidazole rings is 1. The van der Waals surface area contributed by atoms with Crippen molar-refractivity contribution in [3.05, 3.63) is 48.5 Å². The number of carbonyl (C=O) groups is 2. The van der Waals surface area contributed by atoms with Crippen molar-refractivity contribution in [2.24, 2.45) is 0 Å². The zero-order chi connectivity index (χ0) is 15.2. The van der Waals surface area contributed by atoms with E-state index in [4.69, 9.17) is 0 Å². The second kappa shape index (κ2) is 6.69. The van der Waals surface area contributed by atoms with E-state index in [1.165, 1.54) is 6.20 Å². The lowest BCUT2D eigenvalue weighted by Crippen LogP contribution is -2.40. The molecular formula is C15H18N4O2. The minimum Gasteiger partial charge on any atom is -0.352 e. The summed E-state index contributed by atoms with van der Waals surface area (Å²) in [7, 11) is 0. The summed E-state index contributed by atoms with van der Waals surface area (Å²) in [6.07, 6.45) is 3.04. The number of benzene rings is 1. The van der Waals surface area contributed by atoms with Crippen molar-refractivity contribution in [1.82, 2.24) is 20.2 Å². The zero-order valence-corrected chi connectivity index (χ0v) is 12.0. The van der Waals surface area contributed by atoms with Crippen molar-refractivity contribution in [1.29, 1.82) is 0 Å². The van der Waals surface area contributed by atoms with Gasteiger partial charge >= 0.3 is 0 Å². The van der Waals surface area contributed by atoms with Crippen molar-refractivity contribution < 1.29 is 9.59 Å². The molecule has 0 radical (unpaired) electrons. The average molecular weight is 286 g/mol. The van der Waals surface area contributed by atoms with Crippen molar-refractivity contribution in [2.45, 2.75) is 19.9 Å². The number of nitrogens with zero attached hydrogens (tertiary/aromatic N) is 2. The molecule has 2 amide bonds. The molecule has 0 aliphatic carbocycles. The van der Waals surface area contributed by atoms with Gasteiger partial charge in [-0.3, -0.25) is 14.2 Å². The number of amides is 2. The Balaban J connectivity index is 2.04. The summed E-state index contributed by atoms with van der Waals surface area (Å²) in [4.78, 5) is 27.7. The highest BCUT2D eigenvalue weighted by Gasteiger charge is 2.14. The molecule has 2 aromatic rings. The van der Waals surface area contributed by atoms with Gasteiger partial charge in [-0.25, -0.2) is 4.98 Å². The fourth-order valence-electron chi connectivity index (χ4n) is 1.88. The molecule has 0 saturated heterocycles. The Kier molecular flexibility index (Phi) is 4.71. The van der Waals surface area contributed by atoms with Gasteiger partial charge in [-0.15, -0.1) is 0 Å². The van der Waals surface area contributed by atoms with Crippen LogP contribution in [0, 0.1) is 0 Å². The molecule has 1 aromatic heterocycles. The van der Waals surface area contributed by atoms with Crippen molar-refractivity contribution >= 4 is 11.8 Å². The van der Waals surface area contributed by atoms with Crippen LogP contribution < -0.4 is 10.6 Å². The van der Waals surface area contributed by atoms with E-state index in [0.29, 0.717) is 5.69 Å². The molecule has 2 N–H and O–H groups in total. The average Bonchev–Trinajstić information content (AvgIpc) is 2.94. The Hall–Kier alpha value is -2.63. The third kappa shape index (κ3) is 3.92. The topological polar surface area (TPSA) is 76.0 Å². The number of hydrogen-bond donors (Lipinski definition) is 2. The highest BCUT2D eigenvalue weighted by Crippen LogP contribution is 2.10. The first-order valence-corrected chi connectivity index (χ1v) is 6.73. The quantitative estimate of drug-likeness (QED) is 0.865. The van der Waals surface area contributed by atoms with Crippen LogP contribution in [0.25, 0.3) is 5.69 Å². The fourth-order valence-corrected chi connectivity index (χ4v) is 1.88. The predicted molar refractivity (Wildman–Crippen MR) is 79.2 cm³/mol. The monoisotopic (exact) mass is 286 g/mol. The molecule has 1 heterocycles. The van der Waals surface area contributed by atoms with E-state index in [0.717, 1.165) is 5.69 Å². The molecule has 21 heavy (non-hydrogen) atoms. The fraction of sp³-hybridized carbons (Fsp3) is 0.267. The van der Waals surface area contributed by atoms with Gasteiger partial charge in [0.1, 0.15) is 5.69 Å². The maximum Gasteiger partial charge on any atom is 0.270 e. The standard InChI is InChI=1S/C15H18N4O2/c1-11(2)18-14(20)9-17-15(21)13-8-16-10-19(13)12-6-4-3-5-7-12/h3-8,10-11H,9H2,1-2H3,(H,17,21)(H,18,20). The second-order valence-corrected chi connectivity index (χ2v) is 4.89. The third-order valence-corrected chi connectivity index (χ3v) is 2.76. The number of aromatic nitrogens is 2. The van der Waals surface area contributed by atoms with Gasteiger partial charge in [-0.2, -0.15) is 0 Å². The highest BCUT2D eigenvalue weighted by atomic mass is 16.2. The second-order valence-electron chi connectivity index (χ2n) is 4.89. The Morgan fingerprint density at radius 2 is 1.95 bits per heavy atom. The number of carbonyl (C=O) groups excluding carboxylic acids is 2. The van der Waals surface area contributed by atoms with Gasteiger partial charge in [0.15, 0.2) is 0 Å². The van der Waals surface area contributed by atoms with Gasteiger partial charge in [-0.05, 0) is 26.0 Å². The number of nitrogens with one attached hydrogen (secondary N) is 2. The first-order chi connectivity index (χ1) is 10.1. The lowest BCUT2D eigenvalue weighted by atomic mass is 10.3. The van der Waals surface area contributed by atoms with Crippen LogP contribution in [-0.2, 0) is 4.79 Å². The van der Waals surface area contributed by atoms with Crippen LogP contribution in [0.2, 0.25) is 0 Å². The highest BCUT2D eigenvalue weighted by molar-refractivity contribution is 5.95. The molecule has 0 saturated carbocycles. The summed E-state index contributed by atoms with van der Waals surface area (Å²) in [5, 5.41) is 5.30. The summed E-state index contributed by atoms with van der Waals surface area (Å²) in [6.45, 7) is 3.67. The normalized spacial score (nSPS) is 10.4. The number of rotatable bonds is 5. The summed E-state index contributed by atoms with van der Waals surface area (Å²) >= 11 is 0. The Morgan fingerprint density at radius 1 is 1.24 bits per heavy atom. The predicted octanol–water partition coefficient (Wildman–Crippen LogP) is 1.13. The maximum absolute atomic E-state index is 12.1. The Labute approximate surface area is 123 Å². The van der Waals surface area contributed by atoms with E-state index in [1.807, 2.05) is 44.2 Å². The van der Waals surface area contributed by atoms with Gasteiger partial charge in [0.05, 0.1) is 19.1 Å². The largest absolute Gasteiger partial charge is 0.352 e. The minimum absolute atomic E-state index is 0.0456. The third-order valence-electron chi connectivity index (χ3n) is 2.76. The summed E-state index contributed by atoms with van der Waals surface area (Å²) < 4.78 is 1.68. The van der Waals surface area contributed by atoms with E-state index < -0.39 is 0 Å². The Bertz CT molecular complexity index is 620. The summed E-state index contributed by atoms with van der Waals surface area (Å²) in [5.74, 6) is -0.556. The first kappa shape index (κ1) is 14.8. The Morgan fingerprint density at radius 3 is 2.62 bits per heavy atom. The molecule has 1 aromatic carbocycles. The van der Waals surface area contributed by atoms with Gasteiger partial charge in [-0.1, -0.05) is 18.2 Å². The van der Waals surface area contributed by atoms with Gasteiger partial charge in [0, 0.05) is 11.7 Å². The van der Waals surface area contributed by atoms with E-state index in [9.17, 15) is 9.59 Å². The van der Waals surface area contributed by atoms with Crippen LogP contribution in [0.3, 0.4) is 0 Å². The molecule has 6 heteroatoms. The van der Waals surface area contributed by atoms with Gasteiger partial charge in [0.25, 0.3) is 5.91 Å². The van der Waals surface area contributed by atoms with Gasteiger partial charge in [0.2, 0.25) is 5.91 Å². The lowest BCUT2D eigenvalue weighted by Gasteiger charge is -2.10.